The van der Waals surface area contributed by atoms with E-state index in [9.17, 15) is 4.79 Å². The van der Waals surface area contributed by atoms with Crippen molar-refractivity contribution in [1.82, 2.24) is 10.2 Å². The van der Waals surface area contributed by atoms with Gasteiger partial charge in [0, 0.05) is 29.0 Å². The predicted octanol–water partition coefficient (Wildman–Crippen LogP) is 11.4. The summed E-state index contributed by atoms with van der Waals surface area (Å²) in [5.74, 6) is 1.07. The molecule has 2 amide bonds. The number of fused-ring (bicyclic) bond motifs is 8. The number of aryl methyl sites for hydroxylation is 1. The first kappa shape index (κ1) is 50.6. The van der Waals surface area contributed by atoms with E-state index in [0.29, 0.717) is 34.3 Å². The number of amides is 2. The van der Waals surface area contributed by atoms with Gasteiger partial charge in [-0.3, -0.25) is 4.79 Å². The summed E-state index contributed by atoms with van der Waals surface area (Å²) >= 11 is 0. The Bertz CT molecular complexity index is 2800. The molecule has 0 unspecified atom stereocenters. The van der Waals surface area contributed by atoms with Crippen molar-refractivity contribution >= 4 is 20.3 Å². The van der Waals surface area contributed by atoms with Crippen LogP contribution in [0.2, 0.25) is 18.1 Å². The van der Waals surface area contributed by atoms with Crippen LogP contribution in [0.3, 0.4) is 0 Å². The first-order valence-corrected chi connectivity index (χ1v) is 27.8. The minimum absolute atomic E-state index is 0.0316. The molecule has 0 saturated carbocycles. The van der Waals surface area contributed by atoms with Crippen LogP contribution in [-0.2, 0) is 36.8 Å². The number of hydrogen-bond acceptors (Lipinski definition) is 11. The number of nitrogens with zero attached hydrogens (tertiary/aromatic N) is 1. The number of benzene rings is 5. The summed E-state index contributed by atoms with van der Waals surface area (Å²) in [6.45, 7) is 23.0. The third-order valence-corrected chi connectivity index (χ3v) is 19.1. The highest BCUT2D eigenvalue weighted by molar-refractivity contribution is 6.74. The van der Waals surface area contributed by atoms with E-state index in [1.54, 1.807) is 18.1 Å². The van der Waals surface area contributed by atoms with E-state index >= 15 is 4.79 Å². The molecule has 4 aliphatic rings. The lowest BCUT2D eigenvalue weighted by Gasteiger charge is -2.52. The van der Waals surface area contributed by atoms with Gasteiger partial charge in [0.05, 0.1) is 39.0 Å². The zero-order chi connectivity index (χ0) is 51.1. The molecular weight excluding hydrogens is 929 g/mol. The average molecular weight is 997 g/mol. The van der Waals surface area contributed by atoms with Crippen molar-refractivity contribution in [1.29, 1.82) is 0 Å². The summed E-state index contributed by atoms with van der Waals surface area (Å²) in [5, 5.41) is 2.97. The summed E-state index contributed by atoms with van der Waals surface area (Å²) in [6.07, 6.45) is 0.237. The lowest BCUT2D eigenvalue weighted by molar-refractivity contribution is -0.301. The number of rotatable bonds is 16. The number of carbonyl (C=O) groups is 2. The summed E-state index contributed by atoms with van der Waals surface area (Å²) in [4.78, 5) is 32.6. The van der Waals surface area contributed by atoms with Gasteiger partial charge in [0.1, 0.15) is 36.9 Å². The molecule has 380 valence electrons. The molecule has 0 spiro atoms. The molecule has 1 N–H and O–H groups in total. The first-order valence-electron chi connectivity index (χ1n) is 24.8. The maximum absolute atomic E-state index is 16.3. The summed E-state index contributed by atoms with van der Waals surface area (Å²) in [7, 11) is -0.759. The number of alkyl carbamates (subject to hydrolysis) is 1. The van der Waals surface area contributed by atoms with Gasteiger partial charge in [0.2, 0.25) is 12.7 Å². The molecule has 0 bridgehead atoms. The van der Waals surface area contributed by atoms with Gasteiger partial charge in [-0.15, -0.1) is 0 Å². The standard InChI is InChI=1S/C58H68N2O11Si/c1-12-26-65-51-36(3)52-54(68-34-67-52)48-45(32-64-30-37-20-14-13-15-21-37)60(46-33-69-58(7,8)70-53(46)49(48)51)55(61)44(28-38-27-35(2)50(63-9)47(29-38)71-72(10,11)57(4,5)6)59-56(62)66-31-43-41-24-18-16-22-39(41)40-23-17-19-25-42(40)43/h12-25,27,29,43-46,53H,1,26,28,30-34H2,2-11H3,(H,59,62)/t44-,45-,46+,53+/m0/s1. The Balaban J connectivity index is 1.15. The van der Waals surface area contributed by atoms with Gasteiger partial charge in [-0.25, -0.2) is 4.79 Å². The molecule has 72 heavy (non-hydrogen) atoms. The summed E-state index contributed by atoms with van der Waals surface area (Å²) < 4.78 is 58.1. The van der Waals surface area contributed by atoms with Crippen LogP contribution in [0.5, 0.6) is 28.7 Å². The zero-order valence-corrected chi connectivity index (χ0v) is 44.2. The molecule has 0 radical (unpaired) electrons. The lowest BCUT2D eigenvalue weighted by Crippen LogP contribution is -2.62. The van der Waals surface area contributed by atoms with E-state index in [0.717, 1.165) is 50.1 Å². The van der Waals surface area contributed by atoms with Crippen LogP contribution in [-0.4, -0.2) is 83.4 Å². The number of methoxy groups -OCH3 is 1. The maximum atomic E-state index is 16.3. The number of nitrogens with one attached hydrogen (secondary N) is 1. The van der Waals surface area contributed by atoms with Crippen molar-refractivity contribution in [3.63, 3.8) is 0 Å². The van der Waals surface area contributed by atoms with E-state index < -0.39 is 50.3 Å². The highest BCUT2D eigenvalue weighted by Gasteiger charge is 2.54. The fraction of sp³-hybridized carbons (Fsp3) is 0.414. The van der Waals surface area contributed by atoms with Crippen LogP contribution in [0.4, 0.5) is 4.79 Å². The molecule has 9 rings (SSSR count). The maximum Gasteiger partial charge on any atom is 0.407 e. The van der Waals surface area contributed by atoms with E-state index in [1.807, 2.05) is 94.4 Å². The summed E-state index contributed by atoms with van der Waals surface area (Å²) in [6, 6.07) is 27.4. The Morgan fingerprint density at radius 2 is 1.56 bits per heavy atom. The van der Waals surface area contributed by atoms with Crippen molar-refractivity contribution in [2.45, 2.75) is 116 Å². The third kappa shape index (κ3) is 9.81. The minimum atomic E-state index is -2.39. The molecule has 14 heteroatoms. The predicted molar refractivity (Wildman–Crippen MR) is 278 cm³/mol. The van der Waals surface area contributed by atoms with Crippen LogP contribution in [0.1, 0.15) is 97.2 Å². The zero-order valence-electron chi connectivity index (χ0n) is 43.2. The first-order chi connectivity index (χ1) is 34.4. The Kier molecular flexibility index (Phi) is 14.3. The van der Waals surface area contributed by atoms with Gasteiger partial charge in [-0.05, 0) is 90.8 Å². The average Bonchev–Trinajstić information content (AvgIpc) is 3.96. The molecule has 1 aliphatic carbocycles. The van der Waals surface area contributed by atoms with Crippen LogP contribution in [0.25, 0.3) is 11.1 Å². The molecule has 3 aliphatic heterocycles. The second kappa shape index (κ2) is 20.3. The van der Waals surface area contributed by atoms with Gasteiger partial charge < -0.3 is 52.5 Å². The quantitative estimate of drug-likeness (QED) is 0.0748. The fourth-order valence-electron chi connectivity index (χ4n) is 10.3. The highest BCUT2D eigenvalue weighted by Crippen LogP contribution is 2.58. The largest absolute Gasteiger partial charge is 0.541 e. The fourth-order valence-corrected chi connectivity index (χ4v) is 11.3. The Morgan fingerprint density at radius 1 is 0.889 bits per heavy atom. The van der Waals surface area contributed by atoms with Gasteiger partial charge >= 0.3 is 6.09 Å². The van der Waals surface area contributed by atoms with Crippen LogP contribution < -0.4 is 28.7 Å². The van der Waals surface area contributed by atoms with E-state index in [1.165, 1.54) is 0 Å². The Hall–Kier alpha value is -6.32. The molecule has 1 fully saturated rings. The third-order valence-electron chi connectivity index (χ3n) is 14.8. The van der Waals surface area contributed by atoms with Crippen LogP contribution >= 0.6 is 0 Å². The van der Waals surface area contributed by atoms with E-state index in [4.69, 9.17) is 42.3 Å². The van der Waals surface area contributed by atoms with Gasteiger partial charge in [0.15, 0.2) is 23.0 Å². The van der Waals surface area contributed by atoms with Gasteiger partial charge in [-0.2, -0.15) is 0 Å². The number of ether oxygens (including phenoxy) is 8. The Labute approximate surface area is 424 Å². The van der Waals surface area contributed by atoms with E-state index in [-0.39, 0.29) is 57.2 Å². The number of carbonyl (C=O) groups excluding carboxylic acids is 2. The molecule has 13 nitrogen and oxygen atoms in total. The van der Waals surface area contributed by atoms with Crippen molar-refractivity contribution in [3.05, 3.63) is 148 Å². The van der Waals surface area contributed by atoms with Crippen LogP contribution in [0.15, 0.2) is 104 Å². The molecule has 3 heterocycles. The summed E-state index contributed by atoms with van der Waals surface area (Å²) in [5.41, 5.74) is 8.98. The second-order valence-electron chi connectivity index (χ2n) is 21.1. The molecular formula is C58H68N2O11Si. The van der Waals surface area contributed by atoms with Crippen molar-refractivity contribution in [2.75, 3.05) is 40.3 Å². The molecule has 4 atom stereocenters. The molecule has 1 saturated heterocycles. The van der Waals surface area contributed by atoms with Gasteiger partial charge in [-0.1, -0.05) is 118 Å². The lowest BCUT2D eigenvalue weighted by atomic mass is 9.81. The highest BCUT2D eigenvalue weighted by atomic mass is 28.4. The van der Waals surface area contributed by atoms with Gasteiger partial charge in [0.25, 0.3) is 8.32 Å². The van der Waals surface area contributed by atoms with Crippen molar-refractivity contribution < 1.29 is 51.9 Å². The molecule has 0 aromatic heterocycles. The van der Waals surface area contributed by atoms with Crippen molar-refractivity contribution in [2.24, 2.45) is 0 Å². The number of hydrogen-bond donors (Lipinski definition) is 1. The Morgan fingerprint density at radius 3 is 2.22 bits per heavy atom. The second-order valence-corrected chi connectivity index (χ2v) is 25.8. The normalized spacial score (nSPS) is 19.0. The van der Waals surface area contributed by atoms with Crippen LogP contribution in [0, 0.1) is 13.8 Å². The smallest absolute Gasteiger partial charge is 0.407 e. The van der Waals surface area contributed by atoms with Crippen molar-refractivity contribution in [3.8, 4) is 39.9 Å². The minimum Gasteiger partial charge on any atom is -0.541 e. The molecule has 5 aromatic carbocycles. The SMILES string of the molecule is C=CCOc1c(C)c2c(c3c1[C@@H]1OC(C)(C)OC[C@H]1N(C(=O)[C@H](Cc1cc(C)c(OC)c(O[Si](C)(C)C(C)(C)C)c1)NC(=O)OCC1c4ccccc4-c4ccccc41)[C@H]3COCc1ccccc1)OCO2. The topological polar surface area (TPSA) is 132 Å². The van der Waals surface area contributed by atoms with E-state index in [2.05, 4.69) is 70.0 Å². The molecule has 5 aromatic rings. The monoisotopic (exact) mass is 996 g/mol.